The number of carbonyl (C=O) groups is 1. The molecule has 0 aromatic heterocycles. The van der Waals surface area contributed by atoms with Gasteiger partial charge < -0.3 is 4.90 Å². The summed E-state index contributed by atoms with van der Waals surface area (Å²) >= 11 is 0. The highest BCUT2D eigenvalue weighted by atomic mass is 32.2. The molecule has 0 radical (unpaired) electrons. The molecule has 1 fully saturated rings. The molecule has 1 N–H and O–H groups in total. The van der Waals surface area contributed by atoms with Gasteiger partial charge in [-0.1, -0.05) is 43.2 Å². The zero-order valence-electron chi connectivity index (χ0n) is 16.7. The smallest absolute Gasteiger partial charge is 0.258 e. The van der Waals surface area contributed by atoms with Gasteiger partial charge in [-0.25, -0.2) is 13.1 Å². The molecule has 2 aliphatic rings. The van der Waals surface area contributed by atoms with Crippen LogP contribution in [0.3, 0.4) is 0 Å². The van der Waals surface area contributed by atoms with Crippen molar-refractivity contribution in [1.29, 1.82) is 0 Å². The van der Waals surface area contributed by atoms with Crippen molar-refractivity contribution in [2.24, 2.45) is 0 Å². The van der Waals surface area contributed by atoms with Gasteiger partial charge in [0, 0.05) is 23.8 Å². The van der Waals surface area contributed by atoms with Gasteiger partial charge in [0.2, 0.25) is 10.0 Å². The Labute approximate surface area is 176 Å². The molecule has 6 heteroatoms. The maximum Gasteiger partial charge on any atom is 0.258 e. The standard InChI is InChI=1S/C24H24N2O3S/c27-24(20-10-9-17-5-1-2-6-18(17)15-20)26-14-13-19-16-22(11-12-23(19)26)30(28,29)25-21-7-3-4-8-21/h1-2,5-6,9-12,15-16,21,25H,3-4,7-8,13-14H2. The van der Waals surface area contributed by atoms with Crippen molar-refractivity contribution in [3.63, 3.8) is 0 Å². The topological polar surface area (TPSA) is 66.5 Å². The first-order chi connectivity index (χ1) is 14.5. The quantitative estimate of drug-likeness (QED) is 0.686. The van der Waals surface area contributed by atoms with E-state index in [9.17, 15) is 13.2 Å². The zero-order valence-corrected chi connectivity index (χ0v) is 17.5. The number of fused-ring (bicyclic) bond motifs is 2. The van der Waals surface area contributed by atoms with Gasteiger partial charge in [0.25, 0.3) is 5.91 Å². The lowest BCUT2D eigenvalue weighted by Gasteiger charge is -2.18. The Bertz CT molecular complexity index is 1230. The summed E-state index contributed by atoms with van der Waals surface area (Å²) in [6.45, 7) is 0.556. The van der Waals surface area contributed by atoms with Crippen LogP contribution in [0.25, 0.3) is 10.8 Å². The number of amides is 1. The zero-order chi connectivity index (χ0) is 20.7. The van der Waals surface area contributed by atoms with Crippen LogP contribution in [0.15, 0.2) is 65.6 Å². The minimum atomic E-state index is -3.53. The van der Waals surface area contributed by atoms with Crippen LogP contribution in [0.2, 0.25) is 0 Å². The van der Waals surface area contributed by atoms with Crippen LogP contribution >= 0.6 is 0 Å². The fraction of sp³-hybridized carbons (Fsp3) is 0.292. The Morgan fingerprint density at radius 3 is 2.50 bits per heavy atom. The lowest BCUT2D eigenvalue weighted by Crippen LogP contribution is -2.32. The number of carbonyl (C=O) groups excluding carboxylic acids is 1. The van der Waals surface area contributed by atoms with Crippen LogP contribution < -0.4 is 9.62 Å². The van der Waals surface area contributed by atoms with E-state index in [1.165, 1.54) is 0 Å². The van der Waals surface area contributed by atoms with Crippen LogP contribution in [-0.4, -0.2) is 26.9 Å². The predicted octanol–water partition coefficient (Wildman–Crippen LogP) is 4.26. The molecule has 5 nitrogen and oxygen atoms in total. The van der Waals surface area contributed by atoms with Crippen LogP contribution in [0, 0.1) is 0 Å². The van der Waals surface area contributed by atoms with Gasteiger partial charge in [0.15, 0.2) is 0 Å². The highest BCUT2D eigenvalue weighted by Crippen LogP contribution is 2.32. The van der Waals surface area contributed by atoms with Crippen molar-refractivity contribution in [2.45, 2.75) is 43.0 Å². The lowest BCUT2D eigenvalue weighted by molar-refractivity contribution is 0.0989. The Kier molecular flexibility index (Phi) is 4.83. The fourth-order valence-corrected chi connectivity index (χ4v) is 5.92. The largest absolute Gasteiger partial charge is 0.308 e. The lowest BCUT2D eigenvalue weighted by atomic mass is 10.1. The second-order valence-electron chi connectivity index (χ2n) is 8.16. The molecule has 0 saturated heterocycles. The summed E-state index contributed by atoms with van der Waals surface area (Å²) in [5.41, 5.74) is 2.34. The average molecular weight is 421 g/mol. The molecular weight excluding hydrogens is 396 g/mol. The first-order valence-corrected chi connectivity index (χ1v) is 12.0. The second-order valence-corrected chi connectivity index (χ2v) is 9.88. The van der Waals surface area contributed by atoms with Gasteiger partial charge >= 0.3 is 0 Å². The van der Waals surface area contributed by atoms with Gasteiger partial charge in [-0.15, -0.1) is 0 Å². The van der Waals surface area contributed by atoms with Crippen LogP contribution in [-0.2, 0) is 16.4 Å². The van der Waals surface area contributed by atoms with Crippen LogP contribution in [0.1, 0.15) is 41.6 Å². The highest BCUT2D eigenvalue weighted by molar-refractivity contribution is 7.89. The number of hydrogen-bond acceptors (Lipinski definition) is 3. The molecule has 1 amide bonds. The Balaban J connectivity index is 1.40. The first kappa shape index (κ1) is 19.3. The van der Waals surface area contributed by atoms with Gasteiger partial charge in [0.05, 0.1) is 4.90 Å². The summed E-state index contributed by atoms with van der Waals surface area (Å²) in [6, 6.07) is 18.8. The van der Waals surface area contributed by atoms with Crippen LogP contribution in [0.4, 0.5) is 5.69 Å². The number of nitrogens with zero attached hydrogens (tertiary/aromatic N) is 1. The van der Waals surface area contributed by atoms with E-state index in [2.05, 4.69) is 4.72 Å². The summed E-state index contributed by atoms with van der Waals surface area (Å²) in [6.07, 6.45) is 4.60. The molecule has 1 aliphatic heterocycles. The summed E-state index contributed by atoms with van der Waals surface area (Å²) in [4.78, 5) is 15.2. The van der Waals surface area contributed by atoms with Crippen molar-refractivity contribution >= 4 is 32.4 Å². The third-order valence-corrected chi connectivity index (χ3v) is 7.69. The molecule has 1 saturated carbocycles. The normalized spacial score (nSPS) is 16.9. The minimum absolute atomic E-state index is 0.0363. The monoisotopic (exact) mass is 420 g/mol. The molecule has 3 aromatic rings. The number of anilines is 1. The van der Waals surface area contributed by atoms with E-state index >= 15 is 0 Å². The van der Waals surface area contributed by atoms with E-state index in [-0.39, 0.29) is 16.8 Å². The van der Waals surface area contributed by atoms with E-state index in [0.717, 1.165) is 47.7 Å². The third kappa shape index (κ3) is 3.50. The van der Waals surface area contributed by atoms with Crippen molar-refractivity contribution in [3.05, 3.63) is 71.8 Å². The van der Waals surface area contributed by atoms with Crippen molar-refractivity contribution in [1.82, 2.24) is 4.72 Å². The number of rotatable bonds is 4. The summed E-state index contributed by atoms with van der Waals surface area (Å²) < 4.78 is 28.3. The van der Waals surface area contributed by atoms with Gasteiger partial charge in [0.1, 0.15) is 0 Å². The van der Waals surface area contributed by atoms with Gasteiger partial charge in [-0.2, -0.15) is 0 Å². The molecule has 154 valence electrons. The first-order valence-electron chi connectivity index (χ1n) is 10.5. The van der Waals surface area contributed by atoms with Crippen molar-refractivity contribution in [3.8, 4) is 0 Å². The summed E-state index contributed by atoms with van der Waals surface area (Å²) in [5, 5.41) is 2.13. The molecule has 1 heterocycles. The SMILES string of the molecule is O=C(c1ccc2ccccc2c1)N1CCc2cc(S(=O)(=O)NC3CCCC3)ccc21. The maximum atomic E-state index is 13.2. The minimum Gasteiger partial charge on any atom is -0.308 e. The maximum absolute atomic E-state index is 13.2. The third-order valence-electron chi connectivity index (χ3n) is 6.18. The number of benzene rings is 3. The predicted molar refractivity (Wildman–Crippen MR) is 118 cm³/mol. The Hall–Kier alpha value is -2.70. The number of hydrogen-bond donors (Lipinski definition) is 1. The number of nitrogens with one attached hydrogen (secondary N) is 1. The van der Waals surface area contributed by atoms with E-state index in [1.54, 1.807) is 23.1 Å². The summed E-state index contributed by atoms with van der Waals surface area (Å²) in [7, 11) is -3.53. The molecule has 3 aromatic carbocycles. The van der Waals surface area contributed by atoms with Crippen molar-refractivity contribution < 1.29 is 13.2 Å². The summed E-state index contributed by atoms with van der Waals surface area (Å²) in [5.74, 6) is -0.0563. The van der Waals surface area contributed by atoms with E-state index in [4.69, 9.17) is 0 Å². The Morgan fingerprint density at radius 2 is 1.70 bits per heavy atom. The van der Waals surface area contributed by atoms with Gasteiger partial charge in [-0.05, 0) is 65.9 Å². The average Bonchev–Trinajstić information content (AvgIpc) is 3.41. The van der Waals surface area contributed by atoms with Crippen LogP contribution in [0.5, 0.6) is 0 Å². The molecule has 0 bridgehead atoms. The molecule has 0 unspecified atom stereocenters. The fourth-order valence-electron chi connectivity index (χ4n) is 4.57. The van der Waals surface area contributed by atoms with E-state index < -0.39 is 10.0 Å². The molecule has 0 spiro atoms. The second kappa shape index (κ2) is 7.52. The Morgan fingerprint density at radius 1 is 0.933 bits per heavy atom. The number of sulfonamides is 1. The molecule has 1 aliphatic carbocycles. The molecule has 0 atom stereocenters. The van der Waals surface area contributed by atoms with E-state index in [0.29, 0.717) is 18.5 Å². The van der Waals surface area contributed by atoms with Gasteiger partial charge in [-0.3, -0.25) is 4.79 Å². The molecule has 5 rings (SSSR count). The molecular formula is C24H24N2O3S. The molecule has 30 heavy (non-hydrogen) atoms. The van der Waals surface area contributed by atoms with Crippen molar-refractivity contribution in [2.75, 3.05) is 11.4 Å². The van der Waals surface area contributed by atoms with E-state index in [1.807, 2.05) is 42.5 Å². The highest BCUT2D eigenvalue weighted by Gasteiger charge is 2.29.